The molecule has 0 bridgehead atoms. The molecule has 0 saturated carbocycles. The number of amides is 2. The fourth-order valence-corrected chi connectivity index (χ4v) is 3.15. The van der Waals surface area contributed by atoms with Crippen LogP contribution in [-0.4, -0.2) is 41.7 Å². The van der Waals surface area contributed by atoms with Gasteiger partial charge in [0.2, 0.25) is 11.9 Å². The number of primary amides is 1. The number of fused-ring (bicyclic) bond motifs is 1. The predicted octanol–water partition coefficient (Wildman–Crippen LogP) is 2.92. The summed E-state index contributed by atoms with van der Waals surface area (Å²) in [4.78, 5) is 33.5. The Balaban J connectivity index is 1.83. The molecular weight excluding hydrogens is 396 g/mol. The van der Waals surface area contributed by atoms with E-state index in [9.17, 15) is 9.59 Å². The van der Waals surface area contributed by atoms with Crippen LogP contribution < -0.4 is 21.3 Å². The van der Waals surface area contributed by atoms with E-state index in [4.69, 9.17) is 22.1 Å². The van der Waals surface area contributed by atoms with Gasteiger partial charge >= 0.3 is 6.09 Å². The quantitative estimate of drug-likeness (QED) is 0.659. The lowest BCUT2D eigenvalue weighted by Gasteiger charge is -2.20. The van der Waals surface area contributed by atoms with Gasteiger partial charge in [-0.3, -0.25) is 9.69 Å². The van der Waals surface area contributed by atoms with E-state index in [0.29, 0.717) is 24.8 Å². The Kier molecular flexibility index (Phi) is 6.07. The van der Waals surface area contributed by atoms with Gasteiger partial charge in [-0.05, 0) is 29.7 Å². The molecule has 9 nitrogen and oxygen atoms in total. The van der Waals surface area contributed by atoms with Crippen molar-refractivity contribution >= 4 is 46.7 Å². The van der Waals surface area contributed by atoms with Crippen molar-refractivity contribution in [1.82, 2.24) is 9.97 Å². The van der Waals surface area contributed by atoms with E-state index in [1.165, 1.54) is 11.1 Å². The molecule has 2 aromatic rings. The Morgan fingerprint density at radius 1 is 1.38 bits per heavy atom. The lowest BCUT2D eigenvalue weighted by molar-refractivity contribution is -0.119. The number of carbonyl (C=O) groups excluding carboxylic acids is 2. The van der Waals surface area contributed by atoms with Crippen molar-refractivity contribution in [2.24, 2.45) is 11.7 Å². The molecule has 3 rings (SSSR count). The van der Waals surface area contributed by atoms with Crippen LogP contribution in [0.1, 0.15) is 19.4 Å². The molecule has 4 N–H and O–H groups in total. The number of hydrogen-bond acceptors (Lipinski definition) is 7. The average Bonchev–Trinajstić information content (AvgIpc) is 2.80. The van der Waals surface area contributed by atoms with Gasteiger partial charge in [0.25, 0.3) is 0 Å². The first-order valence-electron chi connectivity index (χ1n) is 9.15. The second-order valence-electron chi connectivity index (χ2n) is 7.05. The molecule has 1 atom stereocenters. The fraction of sp³-hybridized carbons (Fsp3) is 0.368. The van der Waals surface area contributed by atoms with Crippen LogP contribution in [0.5, 0.6) is 0 Å². The van der Waals surface area contributed by atoms with Crippen LogP contribution in [0, 0.1) is 5.92 Å². The summed E-state index contributed by atoms with van der Waals surface area (Å²) in [5, 5.41) is 6.38. The number of halogens is 1. The van der Waals surface area contributed by atoms with Gasteiger partial charge in [0.1, 0.15) is 11.1 Å². The van der Waals surface area contributed by atoms with E-state index in [1.54, 1.807) is 7.05 Å². The van der Waals surface area contributed by atoms with E-state index in [-0.39, 0.29) is 17.0 Å². The molecule has 1 aliphatic rings. The second kappa shape index (κ2) is 8.52. The van der Waals surface area contributed by atoms with Crippen LogP contribution in [0.25, 0.3) is 0 Å². The molecule has 29 heavy (non-hydrogen) atoms. The minimum Gasteiger partial charge on any atom is -0.449 e. The summed E-state index contributed by atoms with van der Waals surface area (Å²) in [6, 6.07) is 4.95. The van der Waals surface area contributed by atoms with Crippen LogP contribution in [0.2, 0.25) is 5.02 Å². The number of anilines is 4. The third kappa shape index (κ3) is 4.68. The highest BCUT2D eigenvalue weighted by Crippen LogP contribution is 2.29. The molecular formula is C19H23ClN6O3. The zero-order valence-electron chi connectivity index (χ0n) is 16.4. The zero-order chi connectivity index (χ0) is 21.1. The van der Waals surface area contributed by atoms with Crippen LogP contribution in [0.3, 0.4) is 0 Å². The standard InChI is InChI=1S/C19H23ClN6O3/c1-10(2)15(16(21)27)24-17-13(20)9-22-18(25-17)23-12-4-5-14-11(8-12)6-7-29-19(28)26(14)3/h4-5,8-10,15H,6-7H2,1-3H3,(H2,21,27)(H2,22,23,24,25). The molecule has 1 unspecified atom stereocenters. The number of benzene rings is 1. The van der Waals surface area contributed by atoms with Crippen LogP contribution in [0.15, 0.2) is 24.4 Å². The maximum absolute atomic E-state index is 11.8. The first-order valence-corrected chi connectivity index (χ1v) is 9.53. The fourth-order valence-electron chi connectivity index (χ4n) is 3.01. The SMILES string of the molecule is CC(C)C(Nc1nc(Nc2ccc3c(c2)CCOC(=O)N3C)ncc1Cl)C(N)=O. The Morgan fingerprint density at radius 2 is 2.14 bits per heavy atom. The van der Waals surface area contributed by atoms with Crippen molar-refractivity contribution < 1.29 is 14.3 Å². The van der Waals surface area contributed by atoms with Crippen molar-refractivity contribution in [3.05, 3.63) is 35.0 Å². The third-order valence-electron chi connectivity index (χ3n) is 4.58. The van der Waals surface area contributed by atoms with Gasteiger partial charge in [0, 0.05) is 19.2 Å². The Bertz CT molecular complexity index is 936. The van der Waals surface area contributed by atoms with Crippen molar-refractivity contribution in [2.45, 2.75) is 26.3 Å². The summed E-state index contributed by atoms with van der Waals surface area (Å²) < 4.78 is 5.14. The predicted molar refractivity (Wildman–Crippen MR) is 112 cm³/mol. The van der Waals surface area contributed by atoms with Crippen LogP contribution in [-0.2, 0) is 16.0 Å². The van der Waals surface area contributed by atoms with E-state index < -0.39 is 11.9 Å². The van der Waals surface area contributed by atoms with Crippen molar-refractivity contribution in [3.8, 4) is 0 Å². The first kappa shape index (κ1) is 20.7. The minimum absolute atomic E-state index is 0.0403. The number of carbonyl (C=O) groups is 2. The van der Waals surface area contributed by atoms with Gasteiger partial charge < -0.3 is 21.1 Å². The Morgan fingerprint density at radius 3 is 2.83 bits per heavy atom. The summed E-state index contributed by atoms with van der Waals surface area (Å²) in [6.45, 7) is 4.06. The van der Waals surface area contributed by atoms with Gasteiger partial charge in [-0.25, -0.2) is 9.78 Å². The lowest BCUT2D eigenvalue weighted by atomic mass is 10.0. The van der Waals surface area contributed by atoms with Crippen molar-refractivity contribution in [2.75, 3.05) is 29.2 Å². The number of rotatable bonds is 6. The molecule has 0 aliphatic carbocycles. The van der Waals surface area contributed by atoms with Gasteiger partial charge in [0.05, 0.1) is 18.5 Å². The number of nitrogens with zero attached hydrogens (tertiary/aromatic N) is 3. The Hall–Kier alpha value is -3.07. The topological polar surface area (TPSA) is 122 Å². The largest absolute Gasteiger partial charge is 0.449 e. The molecule has 1 aromatic heterocycles. The molecule has 1 aromatic carbocycles. The number of hydrogen-bond donors (Lipinski definition) is 3. The summed E-state index contributed by atoms with van der Waals surface area (Å²) in [5.41, 5.74) is 7.95. The number of aromatic nitrogens is 2. The van der Waals surface area contributed by atoms with Crippen molar-refractivity contribution in [3.63, 3.8) is 0 Å². The zero-order valence-corrected chi connectivity index (χ0v) is 17.2. The van der Waals surface area contributed by atoms with E-state index in [2.05, 4.69) is 20.6 Å². The molecule has 0 spiro atoms. The smallest absolute Gasteiger partial charge is 0.414 e. The lowest BCUT2D eigenvalue weighted by Crippen LogP contribution is -2.39. The summed E-state index contributed by atoms with van der Waals surface area (Å²) >= 11 is 6.18. The average molecular weight is 419 g/mol. The van der Waals surface area contributed by atoms with Gasteiger partial charge in [-0.15, -0.1) is 0 Å². The van der Waals surface area contributed by atoms with Crippen molar-refractivity contribution in [1.29, 1.82) is 0 Å². The molecule has 154 valence electrons. The van der Waals surface area contributed by atoms with Crippen LogP contribution >= 0.6 is 11.6 Å². The molecule has 2 amide bonds. The number of nitrogens with one attached hydrogen (secondary N) is 2. The summed E-state index contributed by atoms with van der Waals surface area (Å²) in [6.07, 6.45) is 1.67. The molecule has 0 radical (unpaired) electrons. The molecule has 0 fully saturated rings. The van der Waals surface area contributed by atoms with E-state index in [0.717, 1.165) is 16.9 Å². The monoisotopic (exact) mass is 418 g/mol. The highest BCUT2D eigenvalue weighted by molar-refractivity contribution is 6.32. The number of cyclic esters (lactones) is 1. The van der Waals surface area contributed by atoms with Gasteiger partial charge in [0.15, 0.2) is 5.82 Å². The molecule has 1 aliphatic heterocycles. The number of ether oxygens (including phenoxy) is 1. The summed E-state index contributed by atoms with van der Waals surface area (Å²) in [7, 11) is 1.67. The van der Waals surface area contributed by atoms with Crippen LogP contribution in [0.4, 0.5) is 27.9 Å². The molecule has 2 heterocycles. The molecule has 10 heteroatoms. The highest BCUT2D eigenvalue weighted by Gasteiger charge is 2.22. The highest BCUT2D eigenvalue weighted by atomic mass is 35.5. The van der Waals surface area contributed by atoms with Gasteiger partial charge in [-0.1, -0.05) is 25.4 Å². The van der Waals surface area contributed by atoms with Gasteiger partial charge in [-0.2, -0.15) is 4.98 Å². The maximum Gasteiger partial charge on any atom is 0.414 e. The number of nitrogens with two attached hydrogens (primary N) is 1. The minimum atomic E-state index is -0.615. The molecule has 0 saturated heterocycles. The third-order valence-corrected chi connectivity index (χ3v) is 4.85. The second-order valence-corrected chi connectivity index (χ2v) is 7.46. The van der Waals surface area contributed by atoms with E-state index in [1.807, 2.05) is 32.0 Å². The maximum atomic E-state index is 11.8. The normalized spacial score (nSPS) is 14.7. The summed E-state index contributed by atoms with van der Waals surface area (Å²) in [5.74, 6) is 0.0885. The Labute approximate surface area is 173 Å². The first-order chi connectivity index (χ1) is 13.8. The van der Waals surface area contributed by atoms with E-state index >= 15 is 0 Å².